The Kier molecular flexibility index (Phi) is 3.69. The summed E-state index contributed by atoms with van der Waals surface area (Å²) in [6.07, 6.45) is 0. The highest BCUT2D eigenvalue weighted by Crippen LogP contribution is 2.13. The van der Waals surface area contributed by atoms with Crippen molar-refractivity contribution in [1.82, 2.24) is 10.2 Å². The van der Waals surface area contributed by atoms with Gasteiger partial charge in [0, 0.05) is 18.7 Å². The molecule has 0 bridgehead atoms. The number of piperazine rings is 1. The Bertz CT molecular complexity index is 474. The van der Waals surface area contributed by atoms with Crippen molar-refractivity contribution in [3.63, 3.8) is 0 Å². The quantitative estimate of drug-likeness (QED) is 0.726. The van der Waals surface area contributed by atoms with Gasteiger partial charge in [0.1, 0.15) is 5.82 Å². The molecule has 0 atom stereocenters. The maximum Gasteiger partial charge on any atom is 0.240 e. The summed E-state index contributed by atoms with van der Waals surface area (Å²) in [4.78, 5) is 24.0. The number of carbonyl (C=O) groups is 2. The summed E-state index contributed by atoms with van der Waals surface area (Å²) in [5, 5.41) is 2.20. The topological polar surface area (TPSA) is 75.4 Å². The summed E-state index contributed by atoms with van der Waals surface area (Å²) in [5.41, 5.74) is 6.58. The molecule has 0 aromatic heterocycles. The van der Waals surface area contributed by atoms with Gasteiger partial charge in [0.15, 0.2) is 0 Å². The summed E-state index contributed by atoms with van der Waals surface area (Å²) in [6, 6.07) is 4.75. The smallest absolute Gasteiger partial charge is 0.240 e. The molecule has 96 valence electrons. The summed E-state index contributed by atoms with van der Waals surface area (Å²) in [6.45, 7) is 0.714. The van der Waals surface area contributed by atoms with E-state index in [0.29, 0.717) is 11.1 Å². The fourth-order valence-corrected chi connectivity index (χ4v) is 1.90. The molecule has 1 aromatic rings. The number of nitrogens with one attached hydrogen (secondary N) is 1. The summed E-state index contributed by atoms with van der Waals surface area (Å²) in [7, 11) is 0. The Morgan fingerprint density at radius 1 is 1.28 bits per heavy atom. The SMILES string of the molecule is NCc1ccc(CN2CC(=O)NC(=O)C2)c(F)c1. The highest BCUT2D eigenvalue weighted by atomic mass is 19.1. The van der Waals surface area contributed by atoms with Gasteiger partial charge in [-0.1, -0.05) is 12.1 Å². The van der Waals surface area contributed by atoms with Crippen LogP contribution in [-0.4, -0.2) is 29.8 Å². The number of imide groups is 1. The maximum atomic E-state index is 13.7. The number of halogens is 1. The second-order valence-electron chi connectivity index (χ2n) is 4.25. The third-order valence-corrected chi connectivity index (χ3v) is 2.76. The van der Waals surface area contributed by atoms with E-state index in [2.05, 4.69) is 5.32 Å². The number of rotatable bonds is 3. The molecular weight excluding hydrogens is 237 g/mol. The van der Waals surface area contributed by atoms with Crippen molar-refractivity contribution in [2.24, 2.45) is 5.73 Å². The van der Waals surface area contributed by atoms with Gasteiger partial charge in [-0.25, -0.2) is 4.39 Å². The number of carbonyl (C=O) groups excluding carboxylic acids is 2. The Morgan fingerprint density at radius 2 is 1.94 bits per heavy atom. The molecule has 2 rings (SSSR count). The monoisotopic (exact) mass is 251 g/mol. The zero-order chi connectivity index (χ0) is 13.1. The van der Waals surface area contributed by atoms with E-state index in [-0.39, 0.29) is 43.8 Å². The van der Waals surface area contributed by atoms with Crippen molar-refractivity contribution in [2.75, 3.05) is 13.1 Å². The third-order valence-electron chi connectivity index (χ3n) is 2.76. The van der Waals surface area contributed by atoms with Gasteiger partial charge >= 0.3 is 0 Å². The first-order valence-electron chi connectivity index (χ1n) is 5.61. The minimum atomic E-state index is -0.364. The lowest BCUT2D eigenvalue weighted by Crippen LogP contribution is -2.50. The molecule has 18 heavy (non-hydrogen) atoms. The van der Waals surface area contributed by atoms with E-state index in [1.807, 2.05) is 0 Å². The van der Waals surface area contributed by atoms with E-state index in [0.717, 1.165) is 0 Å². The maximum absolute atomic E-state index is 13.7. The molecule has 0 radical (unpaired) electrons. The van der Waals surface area contributed by atoms with Crippen LogP contribution in [0.4, 0.5) is 4.39 Å². The molecule has 1 saturated heterocycles. The van der Waals surface area contributed by atoms with Crippen LogP contribution >= 0.6 is 0 Å². The van der Waals surface area contributed by atoms with Gasteiger partial charge in [-0.15, -0.1) is 0 Å². The van der Waals surface area contributed by atoms with Crippen LogP contribution in [0, 0.1) is 5.82 Å². The van der Waals surface area contributed by atoms with Crippen molar-refractivity contribution in [3.8, 4) is 0 Å². The Labute approximate surface area is 104 Å². The first-order valence-corrected chi connectivity index (χ1v) is 5.61. The van der Waals surface area contributed by atoms with Gasteiger partial charge in [0.2, 0.25) is 11.8 Å². The van der Waals surface area contributed by atoms with E-state index < -0.39 is 0 Å². The minimum Gasteiger partial charge on any atom is -0.326 e. The lowest BCUT2D eigenvalue weighted by Gasteiger charge is -2.25. The van der Waals surface area contributed by atoms with Gasteiger partial charge in [-0.05, 0) is 11.6 Å². The summed E-state index contributed by atoms with van der Waals surface area (Å²) >= 11 is 0. The van der Waals surface area contributed by atoms with Gasteiger partial charge in [0.05, 0.1) is 13.1 Å². The average Bonchev–Trinajstić information content (AvgIpc) is 2.30. The fourth-order valence-electron chi connectivity index (χ4n) is 1.90. The van der Waals surface area contributed by atoms with E-state index in [1.54, 1.807) is 17.0 Å². The minimum absolute atomic E-state index is 0.101. The Balaban J connectivity index is 2.09. The normalized spacial score (nSPS) is 16.8. The van der Waals surface area contributed by atoms with Crippen LogP contribution in [0.2, 0.25) is 0 Å². The summed E-state index contributed by atoms with van der Waals surface area (Å²) in [5.74, 6) is -1.08. The van der Waals surface area contributed by atoms with Crippen LogP contribution in [-0.2, 0) is 22.7 Å². The molecule has 0 saturated carbocycles. The zero-order valence-electron chi connectivity index (χ0n) is 9.78. The molecule has 6 heteroatoms. The molecule has 1 aliphatic rings. The molecule has 5 nitrogen and oxygen atoms in total. The van der Waals surface area contributed by atoms with E-state index in [4.69, 9.17) is 5.73 Å². The van der Waals surface area contributed by atoms with Crippen LogP contribution in [0.15, 0.2) is 18.2 Å². The molecule has 0 aliphatic carbocycles. The van der Waals surface area contributed by atoms with Crippen LogP contribution in [0.1, 0.15) is 11.1 Å². The number of nitrogens with zero attached hydrogens (tertiary/aromatic N) is 1. The third kappa shape index (κ3) is 2.91. The predicted molar refractivity (Wildman–Crippen MR) is 62.7 cm³/mol. The summed E-state index contributed by atoms with van der Waals surface area (Å²) < 4.78 is 13.7. The number of benzene rings is 1. The Hall–Kier alpha value is -1.79. The first-order chi connectivity index (χ1) is 8.58. The Morgan fingerprint density at radius 3 is 2.50 bits per heavy atom. The molecule has 1 heterocycles. The van der Waals surface area contributed by atoms with E-state index >= 15 is 0 Å². The van der Waals surface area contributed by atoms with Gasteiger partial charge < -0.3 is 5.73 Å². The number of amides is 2. The fraction of sp³-hybridized carbons (Fsp3) is 0.333. The van der Waals surface area contributed by atoms with Crippen molar-refractivity contribution in [2.45, 2.75) is 13.1 Å². The second kappa shape index (κ2) is 5.24. The van der Waals surface area contributed by atoms with Crippen LogP contribution in [0.5, 0.6) is 0 Å². The highest BCUT2D eigenvalue weighted by Gasteiger charge is 2.22. The number of hydrogen-bond acceptors (Lipinski definition) is 4. The number of hydrogen-bond donors (Lipinski definition) is 2. The first kappa shape index (κ1) is 12.7. The molecule has 1 fully saturated rings. The second-order valence-corrected chi connectivity index (χ2v) is 4.25. The molecule has 2 amide bonds. The van der Waals surface area contributed by atoms with Crippen LogP contribution < -0.4 is 11.1 Å². The van der Waals surface area contributed by atoms with Crippen molar-refractivity contribution in [3.05, 3.63) is 35.1 Å². The molecular formula is C12H14FN3O2. The molecule has 3 N–H and O–H groups in total. The van der Waals surface area contributed by atoms with Gasteiger partial charge in [0.25, 0.3) is 0 Å². The molecule has 0 unspecified atom stereocenters. The highest BCUT2D eigenvalue weighted by molar-refractivity contribution is 5.99. The van der Waals surface area contributed by atoms with Crippen molar-refractivity contribution < 1.29 is 14.0 Å². The standard InChI is InChI=1S/C12H14FN3O2/c13-10-3-8(4-14)1-2-9(10)5-16-6-11(17)15-12(18)7-16/h1-3H,4-7,14H2,(H,15,17,18). The van der Waals surface area contributed by atoms with Crippen molar-refractivity contribution in [1.29, 1.82) is 0 Å². The predicted octanol–water partition coefficient (Wildman–Crippen LogP) is -0.257. The number of nitrogens with two attached hydrogens (primary N) is 1. The zero-order valence-corrected chi connectivity index (χ0v) is 9.78. The van der Waals surface area contributed by atoms with Gasteiger partial charge in [-0.3, -0.25) is 19.8 Å². The molecule has 1 aromatic carbocycles. The van der Waals surface area contributed by atoms with Crippen molar-refractivity contribution >= 4 is 11.8 Å². The van der Waals surface area contributed by atoms with Crippen LogP contribution in [0.25, 0.3) is 0 Å². The van der Waals surface area contributed by atoms with Gasteiger partial charge in [-0.2, -0.15) is 0 Å². The molecule has 1 aliphatic heterocycles. The molecule has 0 spiro atoms. The van der Waals surface area contributed by atoms with E-state index in [9.17, 15) is 14.0 Å². The largest absolute Gasteiger partial charge is 0.326 e. The van der Waals surface area contributed by atoms with Crippen LogP contribution in [0.3, 0.4) is 0 Å². The lowest BCUT2D eigenvalue weighted by molar-refractivity contribution is -0.136. The lowest BCUT2D eigenvalue weighted by atomic mass is 10.1. The average molecular weight is 251 g/mol. The van der Waals surface area contributed by atoms with E-state index in [1.165, 1.54) is 6.07 Å².